The molecule has 5 rings (SSSR count). The Hall–Kier alpha value is -3.88. The van der Waals surface area contributed by atoms with Crippen LogP contribution in [-0.4, -0.2) is 36.0 Å². The summed E-state index contributed by atoms with van der Waals surface area (Å²) >= 11 is 0. The predicted octanol–water partition coefficient (Wildman–Crippen LogP) is 7.42. The number of hydrogen-bond donors (Lipinski definition) is 0. The number of Topliss-reactive ketones (excluding diaryl/α,β-unsaturated/α-hetero) is 2. The molecule has 0 saturated carbocycles. The van der Waals surface area contributed by atoms with Crippen molar-refractivity contribution >= 4 is 41.6 Å². The molecule has 5 heteroatoms. The molecule has 45 heavy (non-hydrogen) atoms. The van der Waals surface area contributed by atoms with Crippen molar-refractivity contribution in [2.45, 2.75) is 60.8 Å². The van der Waals surface area contributed by atoms with Crippen molar-refractivity contribution < 1.29 is 19.8 Å². The fraction of sp³-hybridized carbons (Fsp3) is 0.250. The summed E-state index contributed by atoms with van der Waals surface area (Å²) in [7, 11) is 0. The van der Waals surface area contributed by atoms with E-state index in [1.807, 2.05) is 133 Å². The van der Waals surface area contributed by atoms with Crippen LogP contribution >= 0.6 is 0 Å². The van der Waals surface area contributed by atoms with E-state index in [9.17, 15) is 19.8 Å². The van der Waals surface area contributed by atoms with Crippen molar-refractivity contribution in [2.75, 3.05) is 0 Å². The van der Waals surface area contributed by atoms with Gasteiger partial charge >= 0.3 is 0 Å². The second kappa shape index (κ2) is 18.2. The van der Waals surface area contributed by atoms with E-state index in [1.54, 1.807) is 26.0 Å². The molecular weight excluding hydrogens is 666 g/mol. The van der Waals surface area contributed by atoms with E-state index in [0.717, 1.165) is 0 Å². The van der Waals surface area contributed by atoms with Crippen molar-refractivity contribution in [3.05, 3.63) is 149 Å². The zero-order chi connectivity index (χ0) is 32.9. The normalized spacial score (nSPS) is 12.6. The van der Waals surface area contributed by atoms with E-state index >= 15 is 0 Å². The van der Waals surface area contributed by atoms with Crippen LogP contribution in [0.3, 0.4) is 0 Å². The molecule has 0 amide bonds. The number of carbonyl (C=O) groups excluding carboxylic acids is 2. The van der Waals surface area contributed by atoms with E-state index in [2.05, 4.69) is 18.2 Å². The minimum Gasteiger partial charge on any atom is -0.873 e. The van der Waals surface area contributed by atoms with Gasteiger partial charge in [-0.05, 0) is 60.1 Å². The van der Waals surface area contributed by atoms with Gasteiger partial charge in [-0.25, -0.2) is 0 Å². The van der Waals surface area contributed by atoms with Gasteiger partial charge in [0.05, 0.1) is 0 Å². The summed E-state index contributed by atoms with van der Waals surface area (Å²) < 4.78 is 0. The third kappa shape index (κ3) is 11.9. The minimum atomic E-state index is -0.553. The number of rotatable bonds is 1. The average molecular weight is 708 g/mol. The van der Waals surface area contributed by atoms with Gasteiger partial charge in [0.2, 0.25) is 11.6 Å². The van der Waals surface area contributed by atoms with Gasteiger partial charge in [0.25, 0.3) is 0 Å². The second-order valence-electron chi connectivity index (χ2n) is 12.2. The number of ketones is 2. The van der Waals surface area contributed by atoms with Gasteiger partial charge in [-0.2, -0.15) is 0 Å². The first-order valence-electron chi connectivity index (χ1n) is 14.5. The number of allylic oxidation sites excluding steroid dienone is 4. The maximum absolute atomic E-state index is 12.5. The van der Waals surface area contributed by atoms with Crippen LogP contribution in [0, 0.1) is 30.5 Å². The number of benzene rings is 4. The first-order valence-corrected chi connectivity index (χ1v) is 14.5. The molecule has 0 heterocycles. The van der Waals surface area contributed by atoms with Gasteiger partial charge in [0, 0.05) is 35.6 Å². The van der Waals surface area contributed by atoms with Gasteiger partial charge in [0.15, 0.2) is 0 Å². The SMILES string of the molecule is CC1=C(c2cc(C(C)(C)C)c([O-])c([O-])c2C)C=C(C(C)(C)C)C(=O)C1=O.[Sb].[c]1ccccc1.[c]1ccccc1.[c]1ccccc1. The van der Waals surface area contributed by atoms with Gasteiger partial charge in [0.1, 0.15) is 0 Å². The molecule has 0 fully saturated rings. The molecule has 4 aromatic rings. The molecule has 1 aliphatic carbocycles. The van der Waals surface area contributed by atoms with Gasteiger partial charge in [-0.15, -0.1) is 11.5 Å². The first-order chi connectivity index (χ1) is 20.7. The molecule has 0 atom stereocenters. The van der Waals surface area contributed by atoms with E-state index < -0.39 is 33.9 Å². The Kier molecular flexibility index (Phi) is 15.8. The topological polar surface area (TPSA) is 80.3 Å². The Labute approximate surface area is 287 Å². The molecular formula is C40H41O4Sb-2. The summed E-state index contributed by atoms with van der Waals surface area (Å²) in [5, 5.41) is 25.0. The van der Waals surface area contributed by atoms with Crippen LogP contribution in [0.1, 0.15) is 65.2 Å². The molecule has 0 aromatic heterocycles. The van der Waals surface area contributed by atoms with E-state index in [4.69, 9.17) is 0 Å². The summed E-state index contributed by atoms with van der Waals surface area (Å²) in [6.07, 6.45) is 1.71. The monoisotopic (exact) mass is 706 g/mol. The van der Waals surface area contributed by atoms with Crippen LogP contribution in [0.2, 0.25) is 0 Å². The first kappa shape index (κ1) is 39.1. The Balaban J connectivity index is 0.000000424. The largest absolute Gasteiger partial charge is 0.873 e. The number of hydrogen-bond acceptors (Lipinski definition) is 4. The van der Waals surface area contributed by atoms with Crippen molar-refractivity contribution in [1.29, 1.82) is 0 Å². The third-order valence-corrected chi connectivity index (χ3v) is 6.70. The smallest absolute Gasteiger partial charge is 0.229 e. The molecule has 4 nitrogen and oxygen atoms in total. The zero-order valence-electron chi connectivity index (χ0n) is 27.4. The second-order valence-corrected chi connectivity index (χ2v) is 12.2. The van der Waals surface area contributed by atoms with Crippen molar-refractivity contribution in [3.63, 3.8) is 0 Å². The van der Waals surface area contributed by atoms with Crippen molar-refractivity contribution in [1.82, 2.24) is 0 Å². The van der Waals surface area contributed by atoms with E-state index in [-0.39, 0.29) is 24.4 Å². The Morgan fingerprint density at radius 1 is 0.578 bits per heavy atom. The Morgan fingerprint density at radius 2 is 0.978 bits per heavy atom. The molecule has 4 aromatic carbocycles. The van der Waals surface area contributed by atoms with E-state index in [0.29, 0.717) is 33.4 Å². The minimum absolute atomic E-state index is 0. The van der Waals surface area contributed by atoms with Crippen molar-refractivity contribution in [2.24, 2.45) is 5.41 Å². The molecule has 1 aliphatic rings. The summed E-state index contributed by atoms with van der Waals surface area (Å²) in [6.45, 7) is 14.4. The maximum atomic E-state index is 12.5. The van der Waals surface area contributed by atoms with Crippen LogP contribution in [0.25, 0.3) is 5.57 Å². The zero-order valence-corrected chi connectivity index (χ0v) is 29.9. The van der Waals surface area contributed by atoms with Crippen LogP contribution < -0.4 is 10.2 Å². The van der Waals surface area contributed by atoms with Crippen LogP contribution in [0.4, 0.5) is 0 Å². The van der Waals surface area contributed by atoms with Crippen LogP contribution in [-0.2, 0) is 15.0 Å². The van der Waals surface area contributed by atoms with E-state index in [1.165, 1.54) is 0 Å². The summed E-state index contributed by atoms with van der Waals surface area (Å²) in [5.74, 6) is -2.11. The van der Waals surface area contributed by atoms with Crippen molar-refractivity contribution in [3.8, 4) is 11.5 Å². The van der Waals surface area contributed by atoms with Gasteiger partial charge in [-0.1, -0.05) is 150 Å². The third-order valence-electron chi connectivity index (χ3n) is 6.70. The summed E-state index contributed by atoms with van der Waals surface area (Å²) in [6, 6.07) is 39.2. The quantitative estimate of drug-likeness (QED) is 0.117. The van der Waals surface area contributed by atoms with Crippen LogP contribution in [0.15, 0.2) is 114 Å². The molecule has 0 saturated heterocycles. The van der Waals surface area contributed by atoms with Gasteiger partial charge in [-0.3, -0.25) is 9.59 Å². The molecule has 232 valence electrons. The fourth-order valence-corrected chi connectivity index (χ4v) is 4.17. The molecule has 0 aliphatic heterocycles. The fourth-order valence-electron chi connectivity index (χ4n) is 4.17. The molecule has 0 spiro atoms. The average Bonchev–Trinajstić information content (AvgIpc) is 3.02. The Bertz CT molecular complexity index is 1400. The Morgan fingerprint density at radius 3 is 1.27 bits per heavy atom. The molecule has 0 unspecified atom stereocenters. The van der Waals surface area contributed by atoms with Gasteiger partial charge < -0.3 is 10.2 Å². The molecule has 0 N–H and O–H groups in total. The van der Waals surface area contributed by atoms with Crippen LogP contribution in [0.5, 0.6) is 11.5 Å². The summed E-state index contributed by atoms with van der Waals surface area (Å²) in [4.78, 5) is 25.0. The summed E-state index contributed by atoms with van der Waals surface area (Å²) in [5.41, 5.74) is 1.56. The molecule has 6 radical (unpaired) electrons. The predicted molar refractivity (Wildman–Crippen MR) is 181 cm³/mol. The maximum Gasteiger partial charge on any atom is 0.229 e. The standard InChI is InChI=1S/C22H28O4.3C6H5.Sb/c1-11-13(9-15(21(3,4)5)19(25)17(11)23)14-10-16(22(6,7)8)20(26)18(24)12(14)2;3*1-2-4-6-5-3-1;/h9-10,23,25H,1-8H3;3*1-5H;/p-2. The molecule has 0 bridgehead atoms. The number of carbonyl (C=O) groups is 2.